The maximum Gasteiger partial charge on any atom is 0.362 e. The van der Waals surface area contributed by atoms with E-state index in [0.29, 0.717) is 5.65 Å². The lowest BCUT2D eigenvalue weighted by molar-refractivity contribution is 0.0593. The van der Waals surface area contributed by atoms with E-state index in [1.807, 2.05) is 37.3 Å². The molecule has 7 heteroatoms. The first kappa shape index (κ1) is 13.0. The van der Waals surface area contributed by atoms with Crippen LogP contribution in [0, 0.1) is 6.92 Å². The van der Waals surface area contributed by atoms with Crippen molar-refractivity contribution in [1.29, 1.82) is 0 Å². The smallest absolute Gasteiger partial charge is 0.362 e. The SMILES string of the molecule is COC(=O)c1nnc2c(-c3ccccc3)c(C)nn2c1N. The number of benzene rings is 1. The average molecular weight is 283 g/mol. The number of ether oxygens (including phenoxy) is 1. The molecule has 106 valence electrons. The van der Waals surface area contributed by atoms with Gasteiger partial charge in [-0.2, -0.15) is 9.61 Å². The topological polar surface area (TPSA) is 95.4 Å². The van der Waals surface area contributed by atoms with Crippen LogP contribution in [0.25, 0.3) is 16.8 Å². The van der Waals surface area contributed by atoms with E-state index < -0.39 is 5.97 Å². The van der Waals surface area contributed by atoms with Gasteiger partial charge in [0.2, 0.25) is 5.69 Å². The molecule has 0 aliphatic rings. The third kappa shape index (κ3) is 1.99. The first-order valence-corrected chi connectivity index (χ1v) is 6.28. The Hall–Kier alpha value is -2.96. The van der Waals surface area contributed by atoms with Crippen molar-refractivity contribution in [3.05, 3.63) is 41.7 Å². The number of carbonyl (C=O) groups excluding carboxylic acids is 1. The van der Waals surface area contributed by atoms with Crippen molar-refractivity contribution in [2.45, 2.75) is 6.92 Å². The number of nitrogen functional groups attached to an aromatic ring is 1. The Balaban J connectivity index is 2.28. The van der Waals surface area contributed by atoms with Gasteiger partial charge in [-0.15, -0.1) is 10.2 Å². The number of carbonyl (C=O) groups is 1. The summed E-state index contributed by atoms with van der Waals surface area (Å²) in [6, 6.07) is 9.70. The van der Waals surface area contributed by atoms with Gasteiger partial charge < -0.3 is 10.5 Å². The van der Waals surface area contributed by atoms with Gasteiger partial charge in [-0.1, -0.05) is 30.3 Å². The second kappa shape index (κ2) is 4.86. The van der Waals surface area contributed by atoms with Crippen molar-refractivity contribution in [2.24, 2.45) is 0 Å². The molecule has 2 heterocycles. The van der Waals surface area contributed by atoms with Crippen molar-refractivity contribution in [3.63, 3.8) is 0 Å². The Morgan fingerprint density at radius 1 is 1.24 bits per heavy atom. The monoisotopic (exact) mass is 283 g/mol. The minimum atomic E-state index is -0.642. The third-order valence-corrected chi connectivity index (χ3v) is 3.19. The maximum atomic E-state index is 11.6. The van der Waals surface area contributed by atoms with Crippen LogP contribution in [0.3, 0.4) is 0 Å². The van der Waals surface area contributed by atoms with Gasteiger partial charge in [-0.3, -0.25) is 0 Å². The van der Waals surface area contributed by atoms with E-state index in [0.717, 1.165) is 16.8 Å². The highest BCUT2D eigenvalue weighted by Crippen LogP contribution is 2.28. The number of methoxy groups -OCH3 is 1. The molecule has 0 radical (unpaired) electrons. The van der Waals surface area contributed by atoms with Gasteiger partial charge in [0.25, 0.3) is 0 Å². The van der Waals surface area contributed by atoms with E-state index in [2.05, 4.69) is 20.0 Å². The lowest BCUT2D eigenvalue weighted by Gasteiger charge is -2.04. The normalized spacial score (nSPS) is 10.8. The standard InChI is InChI=1S/C14H13N5O2/c1-8-10(9-6-4-3-5-7-9)13-17-16-11(14(20)21-2)12(15)19(13)18-8/h3-7H,15H2,1-2H3. The second-order valence-corrected chi connectivity index (χ2v) is 4.49. The number of fused-ring (bicyclic) bond motifs is 1. The van der Waals surface area contributed by atoms with E-state index in [-0.39, 0.29) is 11.5 Å². The van der Waals surface area contributed by atoms with Gasteiger partial charge >= 0.3 is 5.97 Å². The molecule has 0 saturated heterocycles. The summed E-state index contributed by atoms with van der Waals surface area (Å²) in [7, 11) is 1.26. The van der Waals surface area contributed by atoms with Crippen LogP contribution in [0.15, 0.2) is 30.3 Å². The van der Waals surface area contributed by atoms with Crippen LogP contribution in [0.2, 0.25) is 0 Å². The molecule has 0 amide bonds. The molecule has 0 aliphatic heterocycles. The van der Waals surface area contributed by atoms with Crippen LogP contribution in [-0.4, -0.2) is 32.9 Å². The minimum Gasteiger partial charge on any atom is -0.464 e. The molecule has 3 aromatic rings. The first-order chi connectivity index (χ1) is 10.1. The van der Waals surface area contributed by atoms with Crippen molar-refractivity contribution < 1.29 is 9.53 Å². The average Bonchev–Trinajstić information content (AvgIpc) is 2.85. The van der Waals surface area contributed by atoms with Crippen LogP contribution in [0.4, 0.5) is 5.82 Å². The molecule has 0 bridgehead atoms. The molecular formula is C14H13N5O2. The van der Waals surface area contributed by atoms with Gasteiger partial charge in [-0.25, -0.2) is 4.79 Å². The summed E-state index contributed by atoms with van der Waals surface area (Å²) in [4.78, 5) is 11.6. The van der Waals surface area contributed by atoms with E-state index >= 15 is 0 Å². The number of nitrogens with two attached hydrogens (primary N) is 1. The Bertz CT molecular complexity index is 826. The molecule has 0 aliphatic carbocycles. The highest BCUT2D eigenvalue weighted by atomic mass is 16.5. The summed E-state index contributed by atoms with van der Waals surface area (Å²) < 4.78 is 6.04. The summed E-state index contributed by atoms with van der Waals surface area (Å²) in [5.74, 6) is -0.534. The molecular weight excluding hydrogens is 270 g/mol. The van der Waals surface area contributed by atoms with Crippen molar-refractivity contribution in [2.75, 3.05) is 12.8 Å². The predicted molar refractivity (Wildman–Crippen MR) is 76.7 cm³/mol. The van der Waals surface area contributed by atoms with Gasteiger partial charge in [0.15, 0.2) is 11.5 Å². The van der Waals surface area contributed by atoms with Crippen LogP contribution in [-0.2, 0) is 4.74 Å². The Labute approximate surface area is 120 Å². The zero-order valence-corrected chi connectivity index (χ0v) is 11.6. The summed E-state index contributed by atoms with van der Waals surface area (Å²) in [5.41, 5.74) is 8.96. The molecule has 7 nitrogen and oxygen atoms in total. The van der Waals surface area contributed by atoms with Gasteiger partial charge in [0, 0.05) is 0 Å². The predicted octanol–water partition coefficient (Wildman–Crippen LogP) is 1.47. The number of aromatic nitrogens is 4. The Kier molecular flexibility index (Phi) is 3.02. The lowest BCUT2D eigenvalue weighted by Crippen LogP contribution is -2.14. The minimum absolute atomic E-state index is 0.0490. The fourth-order valence-corrected chi connectivity index (χ4v) is 2.21. The zero-order valence-electron chi connectivity index (χ0n) is 11.6. The number of esters is 1. The number of nitrogens with zero attached hydrogens (tertiary/aromatic N) is 4. The molecule has 1 aromatic carbocycles. The molecule has 2 aromatic heterocycles. The molecule has 3 rings (SSSR count). The van der Waals surface area contributed by atoms with Gasteiger partial charge in [-0.05, 0) is 12.5 Å². The number of aryl methyl sites for hydroxylation is 1. The first-order valence-electron chi connectivity index (χ1n) is 6.28. The summed E-state index contributed by atoms with van der Waals surface area (Å²) in [6.45, 7) is 1.86. The Morgan fingerprint density at radius 3 is 2.62 bits per heavy atom. The summed E-state index contributed by atoms with van der Waals surface area (Å²) >= 11 is 0. The van der Waals surface area contributed by atoms with Crippen molar-refractivity contribution >= 4 is 17.4 Å². The van der Waals surface area contributed by atoms with Crippen LogP contribution in [0.5, 0.6) is 0 Å². The number of hydrogen-bond donors (Lipinski definition) is 1. The van der Waals surface area contributed by atoms with Gasteiger partial charge in [0.05, 0.1) is 18.4 Å². The lowest BCUT2D eigenvalue weighted by atomic mass is 10.1. The van der Waals surface area contributed by atoms with E-state index in [9.17, 15) is 4.79 Å². The van der Waals surface area contributed by atoms with E-state index in [4.69, 9.17) is 5.73 Å². The summed E-state index contributed by atoms with van der Waals surface area (Å²) in [6.07, 6.45) is 0. The largest absolute Gasteiger partial charge is 0.464 e. The van der Waals surface area contributed by atoms with Crippen LogP contribution < -0.4 is 5.73 Å². The fraction of sp³-hybridized carbons (Fsp3) is 0.143. The molecule has 0 fully saturated rings. The molecule has 21 heavy (non-hydrogen) atoms. The van der Waals surface area contributed by atoms with Gasteiger partial charge in [0.1, 0.15) is 0 Å². The highest BCUT2D eigenvalue weighted by molar-refractivity contribution is 5.92. The number of anilines is 1. The summed E-state index contributed by atoms with van der Waals surface area (Å²) in [5, 5.41) is 12.3. The molecule has 2 N–H and O–H groups in total. The molecule has 0 unspecified atom stereocenters. The number of rotatable bonds is 2. The van der Waals surface area contributed by atoms with E-state index in [1.54, 1.807) is 0 Å². The fourth-order valence-electron chi connectivity index (χ4n) is 2.21. The second-order valence-electron chi connectivity index (χ2n) is 4.49. The van der Waals surface area contributed by atoms with Crippen molar-refractivity contribution in [3.8, 4) is 11.1 Å². The zero-order chi connectivity index (χ0) is 15.0. The molecule has 0 atom stereocenters. The van der Waals surface area contributed by atoms with Crippen molar-refractivity contribution in [1.82, 2.24) is 19.8 Å². The quantitative estimate of drug-likeness (QED) is 0.715. The van der Waals surface area contributed by atoms with Crippen LogP contribution in [0.1, 0.15) is 16.2 Å². The third-order valence-electron chi connectivity index (χ3n) is 3.19. The van der Waals surface area contributed by atoms with E-state index in [1.165, 1.54) is 11.6 Å². The molecule has 0 spiro atoms. The van der Waals surface area contributed by atoms with Crippen LogP contribution >= 0.6 is 0 Å². The number of hydrogen-bond acceptors (Lipinski definition) is 6. The molecule has 0 saturated carbocycles. The Morgan fingerprint density at radius 2 is 1.95 bits per heavy atom. The highest BCUT2D eigenvalue weighted by Gasteiger charge is 2.20. The maximum absolute atomic E-state index is 11.6.